The summed E-state index contributed by atoms with van der Waals surface area (Å²) in [7, 11) is 1.63. The molecule has 0 heterocycles. The molecule has 0 fully saturated rings. The summed E-state index contributed by atoms with van der Waals surface area (Å²) in [4.78, 5) is 13.1. The number of hydrazone groups is 1. The Kier molecular flexibility index (Phi) is 5.85. The Morgan fingerprint density at radius 2 is 1.43 bits per heavy atom. The normalized spacial score (nSPS) is 11.1. The van der Waals surface area contributed by atoms with Crippen LogP contribution in [0.1, 0.15) is 22.6 Å². The SMILES string of the molecule is COc1ccc2ccccc2c1C=NNC(=O)C(c1ccccc1)c1ccccc1. The number of nitrogens with zero attached hydrogens (tertiary/aromatic N) is 1. The number of hydrogen-bond acceptors (Lipinski definition) is 3. The molecule has 1 N–H and O–H groups in total. The minimum Gasteiger partial charge on any atom is -0.496 e. The van der Waals surface area contributed by atoms with E-state index in [9.17, 15) is 4.79 Å². The third-order valence-corrected chi connectivity index (χ3v) is 5.05. The fourth-order valence-electron chi connectivity index (χ4n) is 3.60. The molecule has 0 aliphatic heterocycles. The molecule has 4 heteroatoms. The molecular formula is C26H22N2O2. The van der Waals surface area contributed by atoms with Gasteiger partial charge in [-0.3, -0.25) is 4.79 Å². The zero-order valence-electron chi connectivity index (χ0n) is 16.7. The highest BCUT2D eigenvalue weighted by Crippen LogP contribution is 2.27. The van der Waals surface area contributed by atoms with Gasteiger partial charge in [0.25, 0.3) is 5.91 Å². The van der Waals surface area contributed by atoms with Crippen LogP contribution in [0, 0.1) is 0 Å². The molecule has 0 radical (unpaired) electrons. The molecule has 30 heavy (non-hydrogen) atoms. The Morgan fingerprint density at radius 1 is 0.833 bits per heavy atom. The van der Waals surface area contributed by atoms with Gasteiger partial charge in [-0.1, -0.05) is 91.0 Å². The lowest BCUT2D eigenvalue weighted by Gasteiger charge is -2.16. The number of ether oxygens (including phenoxy) is 1. The fraction of sp³-hybridized carbons (Fsp3) is 0.0769. The minimum atomic E-state index is -0.445. The summed E-state index contributed by atoms with van der Waals surface area (Å²) in [5, 5.41) is 6.36. The molecule has 0 aliphatic rings. The Labute approximate surface area is 175 Å². The first-order valence-corrected chi connectivity index (χ1v) is 9.76. The van der Waals surface area contributed by atoms with Crippen LogP contribution in [0.3, 0.4) is 0 Å². The third-order valence-electron chi connectivity index (χ3n) is 5.05. The molecule has 0 atom stereocenters. The van der Waals surface area contributed by atoms with E-state index in [-0.39, 0.29) is 5.91 Å². The Hall–Kier alpha value is -3.92. The van der Waals surface area contributed by atoms with E-state index in [0.29, 0.717) is 5.75 Å². The average Bonchev–Trinajstić information content (AvgIpc) is 2.81. The molecule has 0 aromatic heterocycles. The van der Waals surface area contributed by atoms with Crippen molar-refractivity contribution in [3.63, 3.8) is 0 Å². The predicted octanol–water partition coefficient (Wildman–Crippen LogP) is 5.13. The molecule has 0 unspecified atom stereocenters. The van der Waals surface area contributed by atoms with E-state index in [1.807, 2.05) is 97.1 Å². The highest BCUT2D eigenvalue weighted by Gasteiger charge is 2.22. The summed E-state index contributed by atoms with van der Waals surface area (Å²) in [6, 6.07) is 31.3. The van der Waals surface area contributed by atoms with Crippen LogP contribution >= 0.6 is 0 Å². The molecule has 4 aromatic carbocycles. The van der Waals surface area contributed by atoms with Crippen LogP contribution in [0.5, 0.6) is 5.75 Å². The van der Waals surface area contributed by atoms with Gasteiger partial charge in [0.1, 0.15) is 5.75 Å². The Morgan fingerprint density at radius 3 is 2.07 bits per heavy atom. The van der Waals surface area contributed by atoms with E-state index >= 15 is 0 Å². The Bertz CT molecular complexity index is 1130. The summed E-state index contributed by atoms with van der Waals surface area (Å²) in [5.41, 5.74) is 5.38. The number of benzene rings is 4. The number of nitrogens with one attached hydrogen (secondary N) is 1. The first-order chi connectivity index (χ1) is 14.8. The van der Waals surface area contributed by atoms with E-state index in [0.717, 1.165) is 27.5 Å². The highest BCUT2D eigenvalue weighted by atomic mass is 16.5. The number of rotatable bonds is 6. The van der Waals surface area contributed by atoms with E-state index < -0.39 is 5.92 Å². The van der Waals surface area contributed by atoms with Crippen LogP contribution in [0.2, 0.25) is 0 Å². The number of hydrogen-bond donors (Lipinski definition) is 1. The van der Waals surface area contributed by atoms with Crippen LogP contribution in [-0.4, -0.2) is 19.2 Å². The van der Waals surface area contributed by atoms with E-state index in [1.54, 1.807) is 13.3 Å². The van der Waals surface area contributed by atoms with Crippen molar-refractivity contribution in [3.8, 4) is 5.75 Å². The van der Waals surface area contributed by atoms with E-state index in [4.69, 9.17) is 4.74 Å². The van der Waals surface area contributed by atoms with Crippen LogP contribution in [-0.2, 0) is 4.79 Å². The maximum absolute atomic E-state index is 13.1. The fourth-order valence-corrected chi connectivity index (χ4v) is 3.60. The van der Waals surface area contributed by atoms with Crippen molar-refractivity contribution in [2.24, 2.45) is 5.10 Å². The largest absolute Gasteiger partial charge is 0.496 e. The number of carbonyl (C=O) groups is 1. The first-order valence-electron chi connectivity index (χ1n) is 9.76. The smallest absolute Gasteiger partial charge is 0.252 e. The van der Waals surface area contributed by atoms with Gasteiger partial charge in [-0.2, -0.15) is 5.10 Å². The highest BCUT2D eigenvalue weighted by molar-refractivity contribution is 6.02. The summed E-state index contributed by atoms with van der Waals surface area (Å²) >= 11 is 0. The van der Waals surface area contributed by atoms with E-state index in [2.05, 4.69) is 10.5 Å². The zero-order valence-corrected chi connectivity index (χ0v) is 16.7. The summed E-state index contributed by atoms with van der Waals surface area (Å²) in [6.07, 6.45) is 1.64. The maximum Gasteiger partial charge on any atom is 0.252 e. The summed E-state index contributed by atoms with van der Waals surface area (Å²) < 4.78 is 5.49. The quantitative estimate of drug-likeness (QED) is 0.364. The second kappa shape index (κ2) is 9.05. The number of methoxy groups -OCH3 is 1. The van der Waals surface area contributed by atoms with Crippen molar-refractivity contribution in [3.05, 3.63) is 114 Å². The Balaban J connectivity index is 1.63. The van der Waals surface area contributed by atoms with Gasteiger partial charge in [-0.05, 0) is 28.0 Å². The monoisotopic (exact) mass is 394 g/mol. The van der Waals surface area contributed by atoms with Gasteiger partial charge < -0.3 is 4.74 Å². The van der Waals surface area contributed by atoms with Gasteiger partial charge in [-0.25, -0.2) is 5.43 Å². The summed E-state index contributed by atoms with van der Waals surface area (Å²) in [6.45, 7) is 0. The van der Waals surface area contributed by atoms with Gasteiger partial charge >= 0.3 is 0 Å². The van der Waals surface area contributed by atoms with Crippen LogP contribution in [0.4, 0.5) is 0 Å². The molecular weight excluding hydrogens is 372 g/mol. The van der Waals surface area contributed by atoms with Crippen LogP contribution in [0.25, 0.3) is 10.8 Å². The van der Waals surface area contributed by atoms with Crippen molar-refractivity contribution in [1.29, 1.82) is 0 Å². The second-order valence-electron chi connectivity index (χ2n) is 6.89. The maximum atomic E-state index is 13.1. The van der Waals surface area contributed by atoms with Gasteiger partial charge in [0, 0.05) is 5.56 Å². The third kappa shape index (κ3) is 4.08. The molecule has 4 aromatic rings. The topological polar surface area (TPSA) is 50.7 Å². The van der Waals surface area contributed by atoms with Crippen molar-refractivity contribution in [2.45, 2.75) is 5.92 Å². The molecule has 4 rings (SSSR count). The zero-order chi connectivity index (χ0) is 20.8. The molecule has 0 bridgehead atoms. The number of amides is 1. The van der Waals surface area contributed by atoms with Gasteiger partial charge in [0.05, 0.1) is 19.2 Å². The van der Waals surface area contributed by atoms with Crippen molar-refractivity contribution in [1.82, 2.24) is 5.43 Å². The molecule has 4 nitrogen and oxygen atoms in total. The van der Waals surface area contributed by atoms with Crippen LogP contribution < -0.4 is 10.2 Å². The van der Waals surface area contributed by atoms with Gasteiger partial charge in [0.15, 0.2) is 0 Å². The lowest BCUT2D eigenvalue weighted by atomic mass is 9.91. The molecule has 0 spiro atoms. The molecule has 0 saturated carbocycles. The predicted molar refractivity (Wildman–Crippen MR) is 121 cm³/mol. The minimum absolute atomic E-state index is 0.192. The van der Waals surface area contributed by atoms with Gasteiger partial charge in [-0.15, -0.1) is 0 Å². The lowest BCUT2D eigenvalue weighted by molar-refractivity contribution is -0.121. The van der Waals surface area contributed by atoms with Gasteiger partial charge in [0.2, 0.25) is 0 Å². The standard InChI is InChI=1S/C26H22N2O2/c1-30-24-17-16-19-10-8-9-15-22(19)23(24)18-27-28-26(29)25(20-11-4-2-5-12-20)21-13-6-3-7-14-21/h2-18,25H,1H3,(H,28,29). The number of fused-ring (bicyclic) bond motifs is 1. The van der Waals surface area contributed by atoms with Crippen LogP contribution in [0.15, 0.2) is 102 Å². The lowest BCUT2D eigenvalue weighted by Crippen LogP contribution is -2.26. The average molecular weight is 394 g/mol. The van der Waals surface area contributed by atoms with Crippen molar-refractivity contribution < 1.29 is 9.53 Å². The second-order valence-corrected chi connectivity index (χ2v) is 6.89. The molecule has 148 valence electrons. The molecule has 1 amide bonds. The molecule has 0 aliphatic carbocycles. The van der Waals surface area contributed by atoms with Crippen molar-refractivity contribution >= 4 is 22.9 Å². The molecule has 0 saturated heterocycles. The first kappa shape index (κ1) is 19.4. The van der Waals surface area contributed by atoms with E-state index in [1.165, 1.54) is 0 Å². The number of carbonyl (C=O) groups excluding carboxylic acids is 1. The summed E-state index contributed by atoms with van der Waals surface area (Å²) in [5.74, 6) is 0.0659. The van der Waals surface area contributed by atoms with Crippen molar-refractivity contribution in [2.75, 3.05) is 7.11 Å².